The van der Waals surface area contributed by atoms with Gasteiger partial charge in [-0.25, -0.2) is 18.6 Å². The normalized spacial score (nSPS) is 11.8. The van der Waals surface area contributed by atoms with E-state index >= 15 is 0 Å². The zero-order valence-electron chi connectivity index (χ0n) is 10.3. The fourth-order valence-electron chi connectivity index (χ4n) is 1.49. The zero-order valence-corrected chi connectivity index (χ0v) is 10.3. The molecule has 0 bridgehead atoms. The van der Waals surface area contributed by atoms with Crippen LogP contribution in [0.3, 0.4) is 0 Å². The van der Waals surface area contributed by atoms with Gasteiger partial charge in [0, 0.05) is 12.1 Å². The van der Waals surface area contributed by atoms with Crippen LogP contribution in [0.5, 0.6) is 0 Å². The number of rotatable bonds is 4. The van der Waals surface area contributed by atoms with Gasteiger partial charge in [0.2, 0.25) is 0 Å². The molecule has 20 heavy (non-hydrogen) atoms. The van der Waals surface area contributed by atoms with Crippen molar-refractivity contribution in [2.24, 2.45) is 5.73 Å². The lowest BCUT2D eigenvalue weighted by atomic mass is 10.1. The molecule has 0 aliphatic carbocycles. The van der Waals surface area contributed by atoms with Crippen LogP contribution in [-0.2, 0) is 17.5 Å². The number of esters is 1. The predicted octanol–water partition coefficient (Wildman–Crippen LogP) is 2.67. The molecule has 0 aliphatic rings. The SMILES string of the molecule is CCOC(=O)c1nc(CN)c(C(F)F)cc1C(F)(F)F. The van der Waals surface area contributed by atoms with Gasteiger partial charge in [-0.2, -0.15) is 13.2 Å². The van der Waals surface area contributed by atoms with E-state index in [0.717, 1.165) is 0 Å². The summed E-state index contributed by atoms with van der Waals surface area (Å²) in [5, 5.41) is 0. The summed E-state index contributed by atoms with van der Waals surface area (Å²) in [6.07, 6.45) is -8.19. The zero-order chi connectivity index (χ0) is 15.5. The van der Waals surface area contributed by atoms with E-state index in [2.05, 4.69) is 9.72 Å². The average Bonchev–Trinajstić information content (AvgIpc) is 2.36. The molecule has 1 aromatic rings. The van der Waals surface area contributed by atoms with Crippen LogP contribution in [0.4, 0.5) is 22.0 Å². The van der Waals surface area contributed by atoms with E-state index in [1.54, 1.807) is 0 Å². The van der Waals surface area contributed by atoms with Crippen molar-refractivity contribution in [1.29, 1.82) is 0 Å². The highest BCUT2D eigenvalue weighted by Crippen LogP contribution is 2.35. The van der Waals surface area contributed by atoms with E-state index in [9.17, 15) is 26.7 Å². The second kappa shape index (κ2) is 6.12. The number of carbonyl (C=O) groups is 1. The Balaban J connectivity index is 3.52. The molecule has 0 amide bonds. The minimum Gasteiger partial charge on any atom is -0.461 e. The Labute approximate surface area is 110 Å². The van der Waals surface area contributed by atoms with Crippen LogP contribution >= 0.6 is 0 Å². The van der Waals surface area contributed by atoms with Crippen molar-refractivity contribution < 1.29 is 31.5 Å². The highest BCUT2D eigenvalue weighted by atomic mass is 19.4. The van der Waals surface area contributed by atoms with Crippen LogP contribution < -0.4 is 5.73 Å². The fraction of sp³-hybridized carbons (Fsp3) is 0.455. The summed E-state index contributed by atoms with van der Waals surface area (Å²) in [7, 11) is 0. The van der Waals surface area contributed by atoms with E-state index in [4.69, 9.17) is 5.73 Å². The van der Waals surface area contributed by atoms with Crippen LogP contribution in [0.2, 0.25) is 0 Å². The van der Waals surface area contributed by atoms with E-state index in [-0.39, 0.29) is 12.7 Å². The van der Waals surface area contributed by atoms with Crippen molar-refractivity contribution in [2.45, 2.75) is 26.1 Å². The number of hydrogen-bond donors (Lipinski definition) is 1. The van der Waals surface area contributed by atoms with Gasteiger partial charge in [0.05, 0.1) is 17.9 Å². The number of pyridine rings is 1. The molecule has 0 unspecified atom stereocenters. The van der Waals surface area contributed by atoms with E-state index in [1.807, 2.05) is 0 Å². The van der Waals surface area contributed by atoms with Crippen molar-refractivity contribution in [2.75, 3.05) is 6.61 Å². The minimum absolute atomic E-state index is 0.174. The van der Waals surface area contributed by atoms with Gasteiger partial charge < -0.3 is 10.5 Å². The largest absolute Gasteiger partial charge is 0.461 e. The lowest BCUT2D eigenvalue weighted by Gasteiger charge is -2.15. The third-order valence-electron chi connectivity index (χ3n) is 2.34. The van der Waals surface area contributed by atoms with Crippen molar-refractivity contribution >= 4 is 5.97 Å². The maximum atomic E-state index is 12.8. The first-order chi connectivity index (χ1) is 9.22. The lowest BCUT2D eigenvalue weighted by Crippen LogP contribution is -2.20. The van der Waals surface area contributed by atoms with Gasteiger partial charge in [-0.1, -0.05) is 0 Å². The molecular weight excluding hydrogens is 287 g/mol. The summed E-state index contributed by atoms with van der Waals surface area (Å²) in [6.45, 7) is 0.694. The first-order valence-corrected chi connectivity index (χ1v) is 5.48. The van der Waals surface area contributed by atoms with Crippen LogP contribution in [0.25, 0.3) is 0 Å². The average molecular weight is 298 g/mol. The van der Waals surface area contributed by atoms with E-state index in [0.29, 0.717) is 0 Å². The maximum absolute atomic E-state index is 12.8. The number of nitrogens with zero attached hydrogens (tertiary/aromatic N) is 1. The maximum Gasteiger partial charge on any atom is 0.418 e. The Morgan fingerprint density at radius 1 is 1.45 bits per heavy atom. The molecule has 0 saturated carbocycles. The van der Waals surface area contributed by atoms with Crippen molar-refractivity contribution in [3.63, 3.8) is 0 Å². The van der Waals surface area contributed by atoms with Gasteiger partial charge in [0.25, 0.3) is 6.43 Å². The molecule has 4 nitrogen and oxygen atoms in total. The summed E-state index contributed by atoms with van der Waals surface area (Å²) >= 11 is 0. The number of hydrogen-bond acceptors (Lipinski definition) is 4. The number of alkyl halides is 5. The van der Waals surface area contributed by atoms with Gasteiger partial charge in [0.15, 0.2) is 5.69 Å². The topological polar surface area (TPSA) is 65.2 Å². The molecule has 0 aliphatic heterocycles. The quantitative estimate of drug-likeness (QED) is 0.685. The molecular formula is C11H11F5N2O2. The Morgan fingerprint density at radius 2 is 2.05 bits per heavy atom. The molecule has 1 heterocycles. The lowest BCUT2D eigenvalue weighted by molar-refractivity contribution is -0.138. The molecule has 0 spiro atoms. The molecule has 9 heteroatoms. The second-order valence-corrected chi connectivity index (χ2v) is 3.64. The first kappa shape index (κ1) is 16.3. The number of ether oxygens (including phenoxy) is 1. The van der Waals surface area contributed by atoms with Gasteiger partial charge in [-0.15, -0.1) is 0 Å². The number of nitrogens with two attached hydrogens (primary N) is 1. The smallest absolute Gasteiger partial charge is 0.418 e. The molecule has 0 fully saturated rings. The molecule has 1 aromatic heterocycles. The monoisotopic (exact) mass is 298 g/mol. The van der Waals surface area contributed by atoms with E-state index in [1.165, 1.54) is 6.92 Å². The van der Waals surface area contributed by atoms with Crippen molar-refractivity contribution in [1.82, 2.24) is 4.98 Å². The summed E-state index contributed by atoms with van der Waals surface area (Å²) < 4.78 is 68.2. The standard InChI is InChI=1S/C11H11F5N2O2/c1-2-20-10(19)8-6(11(14,15)16)3-5(9(12)13)7(4-17)18-8/h3,9H,2,4,17H2,1H3. The van der Waals surface area contributed by atoms with E-state index < -0.39 is 47.6 Å². The first-order valence-electron chi connectivity index (χ1n) is 5.48. The number of halogens is 5. The second-order valence-electron chi connectivity index (χ2n) is 3.64. The van der Waals surface area contributed by atoms with Crippen LogP contribution in [0.15, 0.2) is 6.07 Å². The number of carbonyl (C=O) groups excluding carboxylic acids is 1. The van der Waals surface area contributed by atoms with Gasteiger partial charge in [-0.05, 0) is 13.0 Å². The van der Waals surface area contributed by atoms with Crippen LogP contribution in [0.1, 0.15) is 40.7 Å². The Bertz CT molecular complexity index is 502. The third kappa shape index (κ3) is 3.41. The molecule has 1 rings (SSSR count). The molecule has 112 valence electrons. The van der Waals surface area contributed by atoms with Crippen LogP contribution in [-0.4, -0.2) is 17.6 Å². The Kier molecular flexibility index (Phi) is 4.98. The highest BCUT2D eigenvalue weighted by molar-refractivity contribution is 5.89. The summed E-state index contributed by atoms with van der Waals surface area (Å²) in [5.74, 6) is -1.34. The highest BCUT2D eigenvalue weighted by Gasteiger charge is 2.38. The molecule has 2 N–H and O–H groups in total. The van der Waals surface area contributed by atoms with Crippen LogP contribution in [0, 0.1) is 0 Å². The minimum atomic E-state index is -5.01. The fourth-order valence-corrected chi connectivity index (χ4v) is 1.49. The van der Waals surface area contributed by atoms with Gasteiger partial charge in [0.1, 0.15) is 0 Å². The Morgan fingerprint density at radius 3 is 2.45 bits per heavy atom. The predicted molar refractivity (Wildman–Crippen MR) is 58.0 cm³/mol. The molecule has 0 atom stereocenters. The van der Waals surface area contributed by atoms with Crippen molar-refractivity contribution in [3.05, 3.63) is 28.6 Å². The third-order valence-corrected chi connectivity index (χ3v) is 2.34. The molecule has 0 saturated heterocycles. The molecule has 0 radical (unpaired) electrons. The number of aromatic nitrogens is 1. The van der Waals surface area contributed by atoms with Gasteiger partial charge >= 0.3 is 12.1 Å². The summed E-state index contributed by atoms with van der Waals surface area (Å²) in [6, 6.07) is 0.187. The van der Waals surface area contributed by atoms with Crippen molar-refractivity contribution in [3.8, 4) is 0 Å². The molecule has 0 aromatic carbocycles. The summed E-state index contributed by atoms with van der Waals surface area (Å²) in [5.41, 5.74) is 1.10. The Hall–Kier alpha value is -1.77. The summed E-state index contributed by atoms with van der Waals surface area (Å²) in [4.78, 5) is 14.7. The van der Waals surface area contributed by atoms with Gasteiger partial charge in [-0.3, -0.25) is 0 Å².